The Bertz CT molecular complexity index is 655. The molecule has 1 N–H and O–H groups in total. The Morgan fingerprint density at radius 2 is 1.84 bits per heavy atom. The number of aliphatic imine (C=N–C) groups is 1. The summed E-state index contributed by atoms with van der Waals surface area (Å²) in [5.74, 6) is 0.993. The van der Waals surface area contributed by atoms with Crippen LogP contribution in [0.1, 0.15) is 33.3 Å². The van der Waals surface area contributed by atoms with Crippen LogP contribution in [0.25, 0.3) is 0 Å². The SMILES string of the molecule is CN=C(NCc1cccc(N2CC=CC2)c1)N1CC(C)(C)C1(C)C.I. The molecule has 0 amide bonds. The average molecular weight is 454 g/mol. The van der Waals surface area contributed by atoms with Gasteiger partial charge in [0.1, 0.15) is 0 Å². The highest BCUT2D eigenvalue weighted by molar-refractivity contribution is 14.0. The van der Waals surface area contributed by atoms with Crippen molar-refractivity contribution in [2.24, 2.45) is 10.4 Å². The Balaban J connectivity index is 0.00000225. The molecule has 2 aliphatic rings. The summed E-state index contributed by atoms with van der Waals surface area (Å²) in [5, 5.41) is 3.54. The van der Waals surface area contributed by atoms with E-state index in [1.54, 1.807) is 0 Å². The van der Waals surface area contributed by atoms with Crippen LogP contribution in [-0.2, 0) is 6.54 Å². The van der Waals surface area contributed by atoms with Crippen LogP contribution in [0.4, 0.5) is 5.69 Å². The molecular weight excluding hydrogens is 423 g/mol. The molecule has 0 spiro atoms. The number of hydrogen-bond acceptors (Lipinski definition) is 2. The second kappa shape index (κ2) is 7.56. The van der Waals surface area contributed by atoms with Gasteiger partial charge in [-0.3, -0.25) is 4.99 Å². The third-order valence-electron chi connectivity index (χ3n) is 5.90. The Hall–Kier alpha value is -1.24. The molecule has 138 valence electrons. The van der Waals surface area contributed by atoms with Crippen LogP contribution in [0.15, 0.2) is 41.4 Å². The van der Waals surface area contributed by atoms with Crippen molar-refractivity contribution in [1.82, 2.24) is 10.2 Å². The minimum absolute atomic E-state index is 0. The maximum atomic E-state index is 4.50. The Kier molecular flexibility index (Phi) is 6.07. The molecule has 0 radical (unpaired) electrons. The number of likely N-dealkylation sites (tertiary alicyclic amines) is 1. The van der Waals surface area contributed by atoms with Crippen LogP contribution in [0.5, 0.6) is 0 Å². The zero-order chi connectivity index (χ0) is 17.4. The van der Waals surface area contributed by atoms with Gasteiger partial charge in [0.2, 0.25) is 0 Å². The predicted octanol–water partition coefficient (Wildman–Crippen LogP) is 3.88. The fourth-order valence-electron chi connectivity index (χ4n) is 3.43. The van der Waals surface area contributed by atoms with E-state index in [1.807, 2.05) is 7.05 Å². The molecule has 1 aromatic rings. The van der Waals surface area contributed by atoms with E-state index in [-0.39, 0.29) is 29.5 Å². The van der Waals surface area contributed by atoms with Crippen LogP contribution < -0.4 is 10.2 Å². The van der Waals surface area contributed by atoms with Crippen LogP contribution in [0.2, 0.25) is 0 Å². The van der Waals surface area contributed by atoms with Gasteiger partial charge in [0, 0.05) is 49.9 Å². The molecule has 0 bridgehead atoms. The van der Waals surface area contributed by atoms with Gasteiger partial charge in [-0.05, 0) is 31.5 Å². The lowest BCUT2D eigenvalue weighted by atomic mass is 9.65. The van der Waals surface area contributed by atoms with Gasteiger partial charge >= 0.3 is 0 Å². The van der Waals surface area contributed by atoms with E-state index < -0.39 is 0 Å². The first-order valence-electron chi connectivity index (χ1n) is 8.82. The maximum Gasteiger partial charge on any atom is 0.194 e. The molecule has 2 aliphatic heterocycles. The fraction of sp³-hybridized carbons (Fsp3) is 0.550. The van der Waals surface area contributed by atoms with Gasteiger partial charge in [-0.25, -0.2) is 0 Å². The van der Waals surface area contributed by atoms with Crippen LogP contribution in [0.3, 0.4) is 0 Å². The fourth-order valence-corrected chi connectivity index (χ4v) is 3.43. The second-order valence-electron chi connectivity index (χ2n) is 7.98. The van der Waals surface area contributed by atoms with Crippen LogP contribution in [-0.4, -0.2) is 43.1 Å². The normalized spacial score (nSPS) is 20.9. The van der Waals surface area contributed by atoms with E-state index in [0.717, 1.165) is 32.1 Å². The monoisotopic (exact) mass is 454 g/mol. The average Bonchev–Trinajstić information content (AvgIpc) is 3.09. The molecule has 0 atom stereocenters. The summed E-state index contributed by atoms with van der Waals surface area (Å²) in [6.45, 7) is 13.1. The number of anilines is 1. The van der Waals surface area contributed by atoms with Gasteiger partial charge in [0.05, 0.1) is 0 Å². The molecule has 1 fully saturated rings. The number of guanidine groups is 1. The number of nitrogens with one attached hydrogen (secondary N) is 1. The van der Waals surface area contributed by atoms with E-state index in [2.05, 4.69) is 84.2 Å². The zero-order valence-corrected chi connectivity index (χ0v) is 18.4. The lowest BCUT2D eigenvalue weighted by molar-refractivity contribution is -0.0667. The smallest absolute Gasteiger partial charge is 0.194 e. The Morgan fingerprint density at radius 1 is 1.16 bits per heavy atom. The Labute approximate surface area is 169 Å². The first kappa shape index (κ1) is 20.1. The van der Waals surface area contributed by atoms with Gasteiger partial charge in [0.15, 0.2) is 5.96 Å². The van der Waals surface area contributed by atoms with Gasteiger partial charge in [-0.2, -0.15) is 0 Å². The summed E-state index contributed by atoms with van der Waals surface area (Å²) in [5.41, 5.74) is 3.02. The third-order valence-corrected chi connectivity index (χ3v) is 5.90. The van der Waals surface area contributed by atoms with Crippen molar-refractivity contribution >= 4 is 35.6 Å². The van der Waals surface area contributed by atoms with Crippen LogP contribution >= 0.6 is 24.0 Å². The molecule has 1 aromatic carbocycles. The molecule has 0 aromatic heterocycles. The lowest BCUT2D eigenvalue weighted by Crippen LogP contribution is -2.72. The molecule has 0 aliphatic carbocycles. The molecule has 0 unspecified atom stereocenters. The van der Waals surface area contributed by atoms with Crippen molar-refractivity contribution < 1.29 is 0 Å². The van der Waals surface area contributed by atoms with Crippen molar-refractivity contribution in [1.29, 1.82) is 0 Å². The zero-order valence-electron chi connectivity index (χ0n) is 16.0. The first-order chi connectivity index (χ1) is 11.3. The first-order valence-corrected chi connectivity index (χ1v) is 8.82. The van der Waals surface area contributed by atoms with E-state index in [4.69, 9.17) is 0 Å². The molecule has 1 saturated heterocycles. The minimum Gasteiger partial charge on any atom is -0.364 e. The summed E-state index contributed by atoms with van der Waals surface area (Å²) >= 11 is 0. The van der Waals surface area contributed by atoms with Crippen molar-refractivity contribution in [2.75, 3.05) is 31.6 Å². The van der Waals surface area contributed by atoms with E-state index in [0.29, 0.717) is 5.41 Å². The number of rotatable bonds is 3. The lowest BCUT2D eigenvalue weighted by Gasteiger charge is -2.62. The Morgan fingerprint density at radius 3 is 2.40 bits per heavy atom. The quantitative estimate of drug-likeness (QED) is 0.326. The van der Waals surface area contributed by atoms with Gasteiger partial charge in [-0.1, -0.05) is 38.1 Å². The molecule has 2 heterocycles. The maximum absolute atomic E-state index is 4.50. The number of nitrogens with zero attached hydrogens (tertiary/aromatic N) is 3. The van der Waals surface area contributed by atoms with E-state index >= 15 is 0 Å². The summed E-state index contributed by atoms with van der Waals surface area (Å²) in [7, 11) is 1.87. The van der Waals surface area contributed by atoms with Gasteiger partial charge in [-0.15, -0.1) is 24.0 Å². The molecule has 5 heteroatoms. The number of benzene rings is 1. The molecular formula is C20H31IN4. The van der Waals surface area contributed by atoms with E-state index in [9.17, 15) is 0 Å². The second-order valence-corrected chi connectivity index (χ2v) is 7.98. The number of halogens is 1. The summed E-state index contributed by atoms with van der Waals surface area (Å²) in [6.07, 6.45) is 4.45. The highest BCUT2D eigenvalue weighted by atomic mass is 127. The van der Waals surface area contributed by atoms with E-state index in [1.165, 1.54) is 11.3 Å². The summed E-state index contributed by atoms with van der Waals surface area (Å²) in [6, 6.07) is 8.79. The molecule has 0 saturated carbocycles. The molecule has 4 nitrogen and oxygen atoms in total. The van der Waals surface area contributed by atoms with Crippen molar-refractivity contribution in [2.45, 2.75) is 39.8 Å². The minimum atomic E-state index is 0. The largest absolute Gasteiger partial charge is 0.364 e. The highest BCUT2D eigenvalue weighted by Gasteiger charge is 2.53. The molecule has 3 rings (SSSR count). The van der Waals surface area contributed by atoms with Gasteiger partial charge < -0.3 is 15.1 Å². The summed E-state index contributed by atoms with van der Waals surface area (Å²) < 4.78 is 0. The van der Waals surface area contributed by atoms with Crippen molar-refractivity contribution in [3.05, 3.63) is 42.0 Å². The van der Waals surface area contributed by atoms with Crippen molar-refractivity contribution in [3.63, 3.8) is 0 Å². The number of hydrogen-bond donors (Lipinski definition) is 1. The van der Waals surface area contributed by atoms with Gasteiger partial charge in [0.25, 0.3) is 0 Å². The summed E-state index contributed by atoms with van der Waals surface area (Å²) in [4.78, 5) is 9.25. The topological polar surface area (TPSA) is 30.9 Å². The highest BCUT2D eigenvalue weighted by Crippen LogP contribution is 2.46. The third kappa shape index (κ3) is 3.81. The van der Waals surface area contributed by atoms with Crippen LogP contribution in [0, 0.1) is 5.41 Å². The standard InChI is InChI=1S/C20H30N4.HI/c1-19(2)15-24(20(19,3)4)18(21-5)22-14-16-9-8-10-17(13-16)23-11-6-7-12-23;/h6-10,13H,11-12,14-15H2,1-5H3,(H,21,22);1H. The predicted molar refractivity (Wildman–Crippen MR) is 118 cm³/mol. The molecule has 25 heavy (non-hydrogen) atoms. The van der Waals surface area contributed by atoms with Crippen molar-refractivity contribution in [3.8, 4) is 0 Å².